The third-order valence-electron chi connectivity index (χ3n) is 7.91. The van der Waals surface area contributed by atoms with Crippen LogP contribution in [-0.4, -0.2) is 39.7 Å². The van der Waals surface area contributed by atoms with Gasteiger partial charge in [0.1, 0.15) is 29.0 Å². The number of thiazole rings is 1. The first-order valence-electron chi connectivity index (χ1n) is 16.3. The number of benzene rings is 2. The molecule has 0 radical (unpaired) electrons. The Morgan fingerprint density at radius 2 is 1.70 bits per heavy atom. The van der Waals surface area contributed by atoms with E-state index in [2.05, 4.69) is 16.0 Å². The second kappa shape index (κ2) is 17.1. The Labute approximate surface area is 276 Å². The largest absolute Gasteiger partial charge is 0.508 e. The Bertz CT molecular complexity index is 1400. The van der Waals surface area contributed by atoms with Gasteiger partial charge in [0.2, 0.25) is 5.91 Å². The summed E-state index contributed by atoms with van der Waals surface area (Å²) in [4.78, 5) is 44.1. The van der Waals surface area contributed by atoms with Crippen LogP contribution in [0.4, 0.5) is 4.79 Å². The van der Waals surface area contributed by atoms with E-state index in [-0.39, 0.29) is 37.1 Å². The summed E-state index contributed by atoms with van der Waals surface area (Å²) in [7, 11) is 0. The molecular weight excluding hydrogens is 602 g/mol. The maximum Gasteiger partial charge on any atom is 0.408 e. The van der Waals surface area contributed by atoms with Crippen molar-refractivity contribution in [1.29, 1.82) is 0 Å². The van der Waals surface area contributed by atoms with E-state index in [1.807, 2.05) is 30.3 Å². The zero-order valence-electron chi connectivity index (χ0n) is 27.1. The van der Waals surface area contributed by atoms with Gasteiger partial charge in [0.15, 0.2) is 0 Å². The van der Waals surface area contributed by atoms with Gasteiger partial charge in [0.25, 0.3) is 0 Å². The number of carbonyl (C=O) groups excluding carboxylic acids is 3. The number of hydrogen-bond acceptors (Lipinski definition) is 8. The number of nitrogens with one attached hydrogen (secondary N) is 2. The second-order valence-electron chi connectivity index (χ2n) is 13.1. The average molecular weight is 650 g/mol. The van der Waals surface area contributed by atoms with E-state index < -0.39 is 23.8 Å². The Hall–Kier alpha value is -3.92. The molecule has 0 aliphatic heterocycles. The van der Waals surface area contributed by atoms with Crippen LogP contribution in [0.5, 0.6) is 5.75 Å². The van der Waals surface area contributed by atoms with Crippen LogP contribution < -0.4 is 10.6 Å². The number of nitrogens with zero attached hydrogens (tertiary/aromatic N) is 1. The fourth-order valence-electron chi connectivity index (χ4n) is 5.58. The van der Waals surface area contributed by atoms with Gasteiger partial charge in [-0.15, -0.1) is 11.3 Å². The zero-order valence-corrected chi connectivity index (χ0v) is 27.9. The molecule has 1 aromatic heterocycles. The first-order valence-corrected chi connectivity index (χ1v) is 17.1. The van der Waals surface area contributed by atoms with Crippen LogP contribution in [0, 0.1) is 5.92 Å². The normalized spacial score (nSPS) is 15.0. The van der Waals surface area contributed by atoms with Crippen LogP contribution in [0.25, 0.3) is 0 Å². The summed E-state index contributed by atoms with van der Waals surface area (Å²) in [6.07, 6.45) is 7.81. The highest BCUT2D eigenvalue weighted by Gasteiger charge is 2.28. The molecule has 248 valence electrons. The lowest BCUT2D eigenvalue weighted by molar-refractivity contribution is -0.145. The first-order chi connectivity index (χ1) is 22.0. The van der Waals surface area contributed by atoms with E-state index >= 15 is 0 Å². The fraction of sp³-hybridized carbons (Fsp3) is 0.500. The number of phenolic OH excluding ortho intramolecular Hbond substituents is 1. The standard InChI is InChI=1S/C36H47N3O6S/c1-36(2,3)45-35(43)39-31(22-26-17-19-29(40)20-18-26)33(42)38-30(15-10-16-32(41)44-23-27-13-8-5-9-14-27)34-37-28(24-46-34)21-25-11-6-4-7-12-25/h5,8-9,13-14,17-20,24-25,30-31,40H,4,6-7,10-12,15-16,21-23H2,1-3H3,(H,38,42)(H,39,43). The molecule has 2 amide bonds. The lowest BCUT2D eigenvalue weighted by atomic mass is 9.86. The van der Waals surface area contributed by atoms with E-state index in [0.29, 0.717) is 18.8 Å². The summed E-state index contributed by atoms with van der Waals surface area (Å²) in [5.41, 5.74) is 1.97. The predicted molar refractivity (Wildman–Crippen MR) is 178 cm³/mol. The van der Waals surface area contributed by atoms with Gasteiger partial charge in [-0.3, -0.25) is 9.59 Å². The average Bonchev–Trinajstić information content (AvgIpc) is 3.48. The molecule has 1 heterocycles. The maximum absolute atomic E-state index is 13.8. The van der Waals surface area contributed by atoms with Gasteiger partial charge in [-0.05, 0) is 69.2 Å². The highest BCUT2D eigenvalue weighted by Crippen LogP contribution is 2.29. The molecule has 2 unspecified atom stereocenters. The molecule has 0 saturated heterocycles. The molecule has 2 atom stereocenters. The van der Waals surface area contributed by atoms with Crippen LogP contribution >= 0.6 is 11.3 Å². The number of aromatic hydroxyl groups is 1. The number of aromatic nitrogens is 1. The monoisotopic (exact) mass is 649 g/mol. The quantitative estimate of drug-likeness (QED) is 0.158. The van der Waals surface area contributed by atoms with Crippen molar-refractivity contribution in [2.45, 2.75) is 109 Å². The summed E-state index contributed by atoms with van der Waals surface area (Å²) in [6.45, 7) is 5.49. The van der Waals surface area contributed by atoms with Crippen LogP contribution in [0.3, 0.4) is 0 Å². The number of esters is 1. The summed E-state index contributed by atoms with van der Waals surface area (Å²) in [5.74, 6) is 0.0475. The smallest absolute Gasteiger partial charge is 0.408 e. The Morgan fingerprint density at radius 1 is 0.978 bits per heavy atom. The van der Waals surface area contributed by atoms with Crippen molar-refractivity contribution in [2.24, 2.45) is 5.92 Å². The molecule has 3 aromatic rings. The molecule has 1 saturated carbocycles. The molecule has 4 rings (SSSR count). The molecule has 9 nitrogen and oxygen atoms in total. The van der Waals surface area contributed by atoms with E-state index in [1.54, 1.807) is 45.0 Å². The highest BCUT2D eigenvalue weighted by molar-refractivity contribution is 7.09. The number of amides is 2. The van der Waals surface area contributed by atoms with Crippen LogP contribution in [0.1, 0.15) is 100 Å². The van der Waals surface area contributed by atoms with Crippen molar-refractivity contribution < 1.29 is 29.0 Å². The van der Waals surface area contributed by atoms with E-state index in [4.69, 9.17) is 14.5 Å². The summed E-state index contributed by atoms with van der Waals surface area (Å²) >= 11 is 1.51. The van der Waals surface area contributed by atoms with E-state index in [1.165, 1.54) is 43.4 Å². The van der Waals surface area contributed by atoms with Crippen molar-refractivity contribution in [1.82, 2.24) is 15.6 Å². The van der Waals surface area contributed by atoms with Crippen molar-refractivity contribution in [3.63, 3.8) is 0 Å². The Balaban J connectivity index is 1.46. The Morgan fingerprint density at radius 3 is 2.39 bits per heavy atom. The lowest BCUT2D eigenvalue weighted by Crippen LogP contribution is -2.50. The molecule has 10 heteroatoms. The van der Waals surface area contributed by atoms with Crippen molar-refractivity contribution in [3.8, 4) is 5.75 Å². The number of hydrogen-bond donors (Lipinski definition) is 3. The number of alkyl carbamates (subject to hydrolysis) is 1. The molecule has 2 aromatic carbocycles. The third-order valence-corrected chi connectivity index (χ3v) is 8.91. The number of ether oxygens (including phenoxy) is 2. The van der Waals surface area contributed by atoms with Crippen LogP contribution in [-0.2, 0) is 38.5 Å². The molecule has 0 bridgehead atoms. The van der Waals surface area contributed by atoms with E-state index in [9.17, 15) is 19.5 Å². The van der Waals surface area contributed by atoms with Crippen LogP contribution in [0.15, 0.2) is 60.0 Å². The fourth-order valence-corrected chi connectivity index (χ4v) is 6.50. The first kappa shape index (κ1) is 34.9. The molecule has 1 fully saturated rings. The van der Waals surface area contributed by atoms with Crippen molar-refractivity contribution >= 4 is 29.3 Å². The van der Waals surface area contributed by atoms with Gasteiger partial charge >= 0.3 is 12.1 Å². The van der Waals surface area contributed by atoms with Crippen molar-refractivity contribution in [3.05, 3.63) is 81.8 Å². The Kier molecular flexibility index (Phi) is 13.0. The summed E-state index contributed by atoms with van der Waals surface area (Å²) in [5, 5.41) is 18.4. The summed E-state index contributed by atoms with van der Waals surface area (Å²) in [6, 6.07) is 14.6. The summed E-state index contributed by atoms with van der Waals surface area (Å²) < 4.78 is 10.9. The molecule has 1 aliphatic rings. The van der Waals surface area contributed by atoms with Gasteiger partial charge in [-0.1, -0.05) is 74.6 Å². The zero-order chi connectivity index (χ0) is 32.9. The van der Waals surface area contributed by atoms with E-state index in [0.717, 1.165) is 28.2 Å². The van der Waals surface area contributed by atoms with Gasteiger partial charge in [0.05, 0.1) is 11.7 Å². The van der Waals surface area contributed by atoms with Gasteiger partial charge in [-0.2, -0.15) is 0 Å². The van der Waals surface area contributed by atoms with Gasteiger partial charge < -0.3 is 25.2 Å². The minimum absolute atomic E-state index is 0.111. The molecule has 0 spiro atoms. The van der Waals surface area contributed by atoms with Gasteiger partial charge in [-0.25, -0.2) is 9.78 Å². The number of rotatable bonds is 14. The SMILES string of the molecule is CC(C)(C)OC(=O)NC(Cc1ccc(O)cc1)C(=O)NC(CCCC(=O)OCc1ccccc1)c1nc(CC2CCCCC2)cs1. The number of phenols is 1. The number of carbonyl (C=O) groups is 3. The molecule has 1 aliphatic carbocycles. The molecule has 3 N–H and O–H groups in total. The minimum Gasteiger partial charge on any atom is -0.508 e. The lowest BCUT2D eigenvalue weighted by Gasteiger charge is -2.25. The van der Waals surface area contributed by atoms with Crippen LogP contribution in [0.2, 0.25) is 0 Å². The predicted octanol–water partition coefficient (Wildman–Crippen LogP) is 7.18. The maximum atomic E-state index is 13.8. The minimum atomic E-state index is -0.945. The van der Waals surface area contributed by atoms with Crippen molar-refractivity contribution in [2.75, 3.05) is 0 Å². The second-order valence-corrected chi connectivity index (χ2v) is 13.9. The molecule has 46 heavy (non-hydrogen) atoms. The topological polar surface area (TPSA) is 127 Å². The highest BCUT2D eigenvalue weighted by atomic mass is 32.1. The van der Waals surface area contributed by atoms with Gasteiger partial charge in [0, 0.05) is 18.2 Å². The third kappa shape index (κ3) is 12.1. The molecular formula is C36H47N3O6S.